The molecular weight excluding hydrogens is 194 g/mol. The topological polar surface area (TPSA) is 12.9 Å². The van der Waals surface area contributed by atoms with Gasteiger partial charge in [-0.15, -0.1) is 0 Å². The number of allylic oxidation sites excluding steroid dienone is 4. The van der Waals surface area contributed by atoms with Crippen molar-refractivity contribution in [2.75, 3.05) is 0 Å². The summed E-state index contributed by atoms with van der Waals surface area (Å²) in [5.74, 6) is 6.83. The second-order valence-corrected chi connectivity index (χ2v) is 4.17. The third-order valence-electron chi connectivity index (χ3n) is 2.35. The van der Waals surface area contributed by atoms with Crippen molar-refractivity contribution in [3.05, 3.63) is 47.8 Å². The summed E-state index contributed by atoms with van der Waals surface area (Å²) in [6.45, 7) is 4.21. The maximum absolute atomic E-state index is 4.33. The molecule has 0 saturated heterocycles. The van der Waals surface area contributed by atoms with Crippen molar-refractivity contribution < 1.29 is 0 Å². The molecule has 0 aliphatic heterocycles. The Bertz CT molecular complexity index is 481. The molecule has 1 aliphatic rings. The van der Waals surface area contributed by atoms with Gasteiger partial charge in [-0.25, -0.2) is 0 Å². The Morgan fingerprint density at radius 1 is 1.31 bits per heavy atom. The highest BCUT2D eigenvalue weighted by Crippen LogP contribution is 2.24. The molecule has 16 heavy (non-hydrogen) atoms. The number of hydrogen-bond donors (Lipinski definition) is 0. The van der Waals surface area contributed by atoms with Crippen molar-refractivity contribution in [1.29, 1.82) is 0 Å². The van der Waals surface area contributed by atoms with Crippen LogP contribution in [-0.4, -0.2) is 4.98 Å². The van der Waals surface area contributed by atoms with Gasteiger partial charge in [-0.05, 0) is 30.2 Å². The summed E-state index contributed by atoms with van der Waals surface area (Å²) < 4.78 is 0. The smallest absolute Gasteiger partial charge is 0.0699 e. The molecule has 0 atom stereocenters. The minimum atomic E-state index is 0.430. The van der Waals surface area contributed by atoms with Gasteiger partial charge < -0.3 is 0 Å². The fraction of sp³-hybridized carbons (Fsp3) is 0.267. The van der Waals surface area contributed by atoms with Crippen LogP contribution in [0.1, 0.15) is 26.0 Å². The standard InChI is InChI=1S/C15H15N/c1-12(2)6-7-13-8-9-14(11-13)15-5-3-4-10-16-15/h3-5,9-12H,8H2,1-2H3. The van der Waals surface area contributed by atoms with Crippen LogP contribution in [0.15, 0.2) is 42.1 Å². The van der Waals surface area contributed by atoms with E-state index in [1.807, 2.05) is 24.4 Å². The molecule has 1 heteroatoms. The average molecular weight is 209 g/mol. The number of rotatable bonds is 1. The lowest BCUT2D eigenvalue weighted by Crippen LogP contribution is -1.82. The highest BCUT2D eigenvalue weighted by molar-refractivity contribution is 5.77. The maximum atomic E-state index is 4.33. The SMILES string of the molecule is CC(C)C#CC1=CC(c2ccccn2)=CC1. The first kappa shape index (κ1) is 10.7. The first-order chi connectivity index (χ1) is 7.75. The molecule has 1 aromatic heterocycles. The monoisotopic (exact) mass is 209 g/mol. The fourth-order valence-electron chi connectivity index (χ4n) is 1.56. The predicted molar refractivity (Wildman–Crippen MR) is 67.5 cm³/mol. The summed E-state index contributed by atoms with van der Waals surface area (Å²) in [4.78, 5) is 4.33. The zero-order chi connectivity index (χ0) is 11.4. The number of aromatic nitrogens is 1. The zero-order valence-electron chi connectivity index (χ0n) is 9.70. The first-order valence-corrected chi connectivity index (χ1v) is 5.59. The molecule has 0 spiro atoms. The van der Waals surface area contributed by atoms with Gasteiger partial charge in [0.2, 0.25) is 0 Å². The average Bonchev–Trinajstić information content (AvgIpc) is 2.76. The van der Waals surface area contributed by atoms with E-state index in [1.54, 1.807) is 0 Å². The van der Waals surface area contributed by atoms with E-state index in [4.69, 9.17) is 0 Å². The highest BCUT2D eigenvalue weighted by Gasteiger charge is 2.07. The lowest BCUT2D eigenvalue weighted by Gasteiger charge is -1.95. The van der Waals surface area contributed by atoms with E-state index in [0.717, 1.165) is 12.1 Å². The van der Waals surface area contributed by atoms with Crippen LogP contribution < -0.4 is 0 Å². The lowest BCUT2D eigenvalue weighted by molar-refractivity contribution is 0.866. The van der Waals surface area contributed by atoms with Crippen molar-refractivity contribution in [2.45, 2.75) is 20.3 Å². The normalized spacial score (nSPS) is 14.2. The van der Waals surface area contributed by atoms with Crippen LogP contribution >= 0.6 is 0 Å². The summed E-state index contributed by atoms with van der Waals surface area (Å²) in [5.41, 5.74) is 3.41. The van der Waals surface area contributed by atoms with Gasteiger partial charge in [-0.1, -0.05) is 37.8 Å². The highest BCUT2D eigenvalue weighted by atomic mass is 14.7. The molecule has 80 valence electrons. The molecule has 0 unspecified atom stereocenters. The molecule has 0 N–H and O–H groups in total. The molecule has 0 radical (unpaired) electrons. The lowest BCUT2D eigenvalue weighted by atomic mass is 10.1. The largest absolute Gasteiger partial charge is 0.256 e. The van der Waals surface area contributed by atoms with Gasteiger partial charge in [0, 0.05) is 17.7 Å². The van der Waals surface area contributed by atoms with Crippen LogP contribution in [-0.2, 0) is 0 Å². The van der Waals surface area contributed by atoms with Crippen molar-refractivity contribution in [1.82, 2.24) is 4.98 Å². The molecule has 1 heterocycles. The van der Waals surface area contributed by atoms with Crippen molar-refractivity contribution >= 4 is 5.57 Å². The Balaban J connectivity index is 2.15. The Kier molecular flexibility index (Phi) is 3.22. The second kappa shape index (κ2) is 4.81. The summed E-state index contributed by atoms with van der Waals surface area (Å²) in [7, 11) is 0. The molecule has 0 saturated carbocycles. The van der Waals surface area contributed by atoms with E-state index < -0.39 is 0 Å². The maximum Gasteiger partial charge on any atom is 0.0699 e. The molecular formula is C15H15N. The van der Waals surface area contributed by atoms with Gasteiger partial charge in [0.25, 0.3) is 0 Å². The molecule has 1 aliphatic carbocycles. The van der Waals surface area contributed by atoms with Gasteiger partial charge in [-0.2, -0.15) is 0 Å². The number of pyridine rings is 1. The minimum Gasteiger partial charge on any atom is -0.256 e. The fourth-order valence-corrected chi connectivity index (χ4v) is 1.56. The van der Waals surface area contributed by atoms with Gasteiger partial charge in [0.05, 0.1) is 5.69 Å². The second-order valence-electron chi connectivity index (χ2n) is 4.17. The summed E-state index contributed by atoms with van der Waals surface area (Å²) >= 11 is 0. The van der Waals surface area contributed by atoms with Crippen molar-refractivity contribution in [3.8, 4) is 11.8 Å². The van der Waals surface area contributed by atoms with Crippen LogP contribution in [0.2, 0.25) is 0 Å². The van der Waals surface area contributed by atoms with Crippen LogP contribution in [0.5, 0.6) is 0 Å². The van der Waals surface area contributed by atoms with Gasteiger partial charge >= 0.3 is 0 Å². The van der Waals surface area contributed by atoms with Crippen LogP contribution in [0.4, 0.5) is 0 Å². The molecule has 1 nitrogen and oxygen atoms in total. The Morgan fingerprint density at radius 3 is 2.88 bits per heavy atom. The summed E-state index contributed by atoms with van der Waals surface area (Å²) in [6, 6.07) is 5.97. The van der Waals surface area contributed by atoms with E-state index in [9.17, 15) is 0 Å². The Morgan fingerprint density at radius 2 is 2.19 bits per heavy atom. The zero-order valence-corrected chi connectivity index (χ0v) is 9.70. The van der Waals surface area contributed by atoms with Crippen LogP contribution in [0, 0.1) is 17.8 Å². The first-order valence-electron chi connectivity index (χ1n) is 5.59. The van der Waals surface area contributed by atoms with E-state index in [-0.39, 0.29) is 0 Å². The third kappa shape index (κ3) is 2.61. The summed E-state index contributed by atoms with van der Waals surface area (Å²) in [6.07, 6.45) is 7.08. The van der Waals surface area contributed by atoms with Gasteiger partial charge in [0.1, 0.15) is 0 Å². The van der Waals surface area contributed by atoms with Crippen molar-refractivity contribution in [2.24, 2.45) is 5.92 Å². The Hall–Kier alpha value is -1.81. The van der Waals surface area contributed by atoms with Gasteiger partial charge in [-0.3, -0.25) is 4.98 Å². The van der Waals surface area contributed by atoms with Gasteiger partial charge in [0.15, 0.2) is 0 Å². The predicted octanol–water partition coefficient (Wildman–Crippen LogP) is 3.45. The molecule has 0 amide bonds. The van der Waals surface area contributed by atoms with Crippen LogP contribution in [0.25, 0.3) is 5.57 Å². The molecule has 2 rings (SSSR count). The van der Waals surface area contributed by atoms with E-state index in [2.05, 4.69) is 42.8 Å². The molecule has 0 bridgehead atoms. The van der Waals surface area contributed by atoms with E-state index in [1.165, 1.54) is 11.1 Å². The van der Waals surface area contributed by atoms with Crippen LogP contribution in [0.3, 0.4) is 0 Å². The Labute approximate surface area is 96.9 Å². The molecule has 0 aromatic carbocycles. The minimum absolute atomic E-state index is 0.430. The number of nitrogens with zero attached hydrogens (tertiary/aromatic N) is 1. The van der Waals surface area contributed by atoms with E-state index in [0.29, 0.717) is 5.92 Å². The van der Waals surface area contributed by atoms with E-state index >= 15 is 0 Å². The quantitative estimate of drug-likeness (QED) is 0.645. The third-order valence-corrected chi connectivity index (χ3v) is 2.35. The number of hydrogen-bond acceptors (Lipinski definition) is 1. The molecule has 0 fully saturated rings. The molecule has 1 aromatic rings. The summed E-state index contributed by atoms with van der Waals surface area (Å²) in [5, 5.41) is 0. The van der Waals surface area contributed by atoms with Crippen molar-refractivity contribution in [3.63, 3.8) is 0 Å².